The zero-order chi connectivity index (χ0) is 18.7. The number of anilines is 2. The first-order chi connectivity index (χ1) is 12.5. The number of para-hydroxylation sites is 1. The summed E-state index contributed by atoms with van der Waals surface area (Å²) in [5.41, 5.74) is 8.80. The average Bonchev–Trinajstić information content (AvgIpc) is 2.99. The third-order valence-corrected chi connectivity index (χ3v) is 4.12. The highest BCUT2D eigenvalue weighted by Crippen LogP contribution is 2.29. The molecule has 3 aromatic rings. The highest BCUT2D eigenvalue weighted by Gasteiger charge is 2.18. The van der Waals surface area contributed by atoms with Gasteiger partial charge in [-0.3, -0.25) is 4.79 Å². The normalized spacial score (nSPS) is 10.6. The Morgan fingerprint density at radius 2 is 2.08 bits per heavy atom. The third-order valence-electron chi connectivity index (χ3n) is 3.89. The van der Waals surface area contributed by atoms with Crippen LogP contribution in [0.4, 0.5) is 11.5 Å². The molecule has 0 unspecified atom stereocenters. The Kier molecular flexibility index (Phi) is 5.14. The van der Waals surface area contributed by atoms with Gasteiger partial charge in [-0.1, -0.05) is 29.8 Å². The van der Waals surface area contributed by atoms with Crippen LogP contribution in [0.1, 0.15) is 22.8 Å². The fourth-order valence-corrected chi connectivity index (χ4v) is 2.75. The summed E-state index contributed by atoms with van der Waals surface area (Å²) in [6, 6.07) is 12.7. The molecule has 0 aliphatic heterocycles. The van der Waals surface area contributed by atoms with Crippen LogP contribution in [0.3, 0.4) is 0 Å². The van der Waals surface area contributed by atoms with Crippen LogP contribution in [0.15, 0.2) is 48.7 Å². The van der Waals surface area contributed by atoms with Gasteiger partial charge in [0, 0.05) is 11.1 Å². The van der Waals surface area contributed by atoms with Crippen LogP contribution < -0.4 is 15.8 Å². The van der Waals surface area contributed by atoms with Gasteiger partial charge in [-0.2, -0.15) is 5.10 Å². The number of nitrogen functional groups attached to an aromatic ring is 1. The second-order valence-electron chi connectivity index (χ2n) is 5.67. The number of aromatic nitrogens is 2. The first-order valence-corrected chi connectivity index (χ1v) is 8.52. The molecule has 26 heavy (non-hydrogen) atoms. The SMILES string of the molecule is CCOc1cc(Cl)ccc1NC(=O)c1cnn(-c2ccccc2C)c1N. The van der Waals surface area contributed by atoms with Crippen molar-refractivity contribution in [1.29, 1.82) is 0 Å². The van der Waals surface area contributed by atoms with Crippen molar-refractivity contribution in [2.24, 2.45) is 0 Å². The molecule has 0 radical (unpaired) electrons. The van der Waals surface area contributed by atoms with Gasteiger partial charge < -0.3 is 15.8 Å². The van der Waals surface area contributed by atoms with Gasteiger partial charge in [0.15, 0.2) is 0 Å². The molecule has 0 saturated heterocycles. The summed E-state index contributed by atoms with van der Waals surface area (Å²) < 4.78 is 7.07. The molecule has 1 heterocycles. The van der Waals surface area contributed by atoms with Crippen molar-refractivity contribution in [3.05, 3.63) is 64.8 Å². The van der Waals surface area contributed by atoms with Crippen molar-refractivity contribution < 1.29 is 9.53 Å². The van der Waals surface area contributed by atoms with Gasteiger partial charge in [0.1, 0.15) is 17.1 Å². The minimum Gasteiger partial charge on any atom is -0.492 e. The number of nitrogens with zero attached hydrogens (tertiary/aromatic N) is 2. The van der Waals surface area contributed by atoms with E-state index >= 15 is 0 Å². The summed E-state index contributed by atoms with van der Waals surface area (Å²) in [6.45, 7) is 4.27. The lowest BCUT2D eigenvalue weighted by Crippen LogP contribution is -2.15. The molecular formula is C19H19ClN4O2. The predicted molar refractivity (Wildman–Crippen MR) is 103 cm³/mol. The molecule has 1 amide bonds. The van der Waals surface area contributed by atoms with Crippen LogP contribution in [0.5, 0.6) is 5.75 Å². The Hall–Kier alpha value is -2.99. The Morgan fingerprint density at radius 1 is 1.31 bits per heavy atom. The van der Waals surface area contributed by atoms with Gasteiger partial charge in [-0.15, -0.1) is 0 Å². The van der Waals surface area contributed by atoms with Crippen LogP contribution in [0.2, 0.25) is 5.02 Å². The molecule has 7 heteroatoms. The highest BCUT2D eigenvalue weighted by atomic mass is 35.5. The van der Waals surface area contributed by atoms with Crippen LogP contribution >= 0.6 is 11.6 Å². The monoisotopic (exact) mass is 370 g/mol. The predicted octanol–water partition coefficient (Wildman–Crippen LogP) is 4.07. The average molecular weight is 371 g/mol. The van der Waals surface area contributed by atoms with Crippen LogP contribution in [0.25, 0.3) is 5.69 Å². The van der Waals surface area contributed by atoms with E-state index in [4.69, 9.17) is 22.1 Å². The molecule has 0 bridgehead atoms. The number of carbonyl (C=O) groups excluding carboxylic acids is 1. The summed E-state index contributed by atoms with van der Waals surface area (Å²) in [4.78, 5) is 12.7. The van der Waals surface area contributed by atoms with Crippen molar-refractivity contribution >= 4 is 29.0 Å². The third kappa shape index (κ3) is 3.50. The van der Waals surface area contributed by atoms with Gasteiger partial charge in [0.25, 0.3) is 5.91 Å². The van der Waals surface area contributed by atoms with E-state index in [0.29, 0.717) is 23.1 Å². The van der Waals surface area contributed by atoms with Crippen LogP contribution in [0, 0.1) is 6.92 Å². The zero-order valence-electron chi connectivity index (χ0n) is 14.5. The summed E-state index contributed by atoms with van der Waals surface area (Å²) in [7, 11) is 0. The van der Waals surface area contributed by atoms with E-state index in [0.717, 1.165) is 11.3 Å². The van der Waals surface area contributed by atoms with E-state index in [1.807, 2.05) is 38.1 Å². The Morgan fingerprint density at radius 3 is 2.81 bits per heavy atom. The minimum atomic E-state index is -0.370. The number of carbonyl (C=O) groups is 1. The summed E-state index contributed by atoms with van der Waals surface area (Å²) >= 11 is 5.99. The number of halogens is 1. The van der Waals surface area contributed by atoms with Crippen molar-refractivity contribution in [3.63, 3.8) is 0 Å². The van der Waals surface area contributed by atoms with Crippen molar-refractivity contribution in [3.8, 4) is 11.4 Å². The Labute approximate surface area is 156 Å². The van der Waals surface area contributed by atoms with Gasteiger partial charge in [0.2, 0.25) is 0 Å². The van der Waals surface area contributed by atoms with E-state index < -0.39 is 0 Å². The fourth-order valence-electron chi connectivity index (χ4n) is 2.59. The van der Waals surface area contributed by atoms with Crippen LogP contribution in [-0.2, 0) is 0 Å². The maximum absolute atomic E-state index is 12.7. The second-order valence-corrected chi connectivity index (χ2v) is 6.11. The molecule has 3 rings (SSSR count). The maximum Gasteiger partial charge on any atom is 0.261 e. The van der Waals surface area contributed by atoms with Crippen LogP contribution in [-0.4, -0.2) is 22.3 Å². The molecule has 0 fully saturated rings. The van der Waals surface area contributed by atoms with Gasteiger partial charge in [0.05, 0.1) is 24.2 Å². The lowest BCUT2D eigenvalue weighted by atomic mass is 10.2. The lowest BCUT2D eigenvalue weighted by Gasteiger charge is -2.12. The molecular weight excluding hydrogens is 352 g/mol. The molecule has 6 nitrogen and oxygen atoms in total. The number of amides is 1. The number of hydrogen-bond donors (Lipinski definition) is 2. The standard InChI is InChI=1S/C19H19ClN4O2/c1-3-26-17-10-13(20)8-9-15(17)23-19(25)14-11-22-24(18(14)21)16-7-5-4-6-12(16)2/h4-11H,3,21H2,1-2H3,(H,23,25). The number of ether oxygens (including phenoxy) is 1. The zero-order valence-corrected chi connectivity index (χ0v) is 15.2. The van der Waals surface area contributed by atoms with E-state index in [-0.39, 0.29) is 17.3 Å². The topological polar surface area (TPSA) is 82.2 Å². The van der Waals surface area contributed by atoms with E-state index in [1.54, 1.807) is 22.9 Å². The number of rotatable bonds is 5. The molecule has 0 atom stereocenters. The quantitative estimate of drug-likeness (QED) is 0.709. The molecule has 0 aliphatic carbocycles. The van der Waals surface area contributed by atoms with Crippen molar-refractivity contribution in [2.75, 3.05) is 17.7 Å². The fraction of sp³-hybridized carbons (Fsp3) is 0.158. The lowest BCUT2D eigenvalue weighted by molar-refractivity contribution is 0.102. The number of hydrogen-bond acceptors (Lipinski definition) is 4. The summed E-state index contributed by atoms with van der Waals surface area (Å²) in [6.07, 6.45) is 1.45. The minimum absolute atomic E-state index is 0.267. The first-order valence-electron chi connectivity index (χ1n) is 8.14. The molecule has 134 valence electrons. The molecule has 0 saturated carbocycles. The van der Waals surface area contributed by atoms with E-state index in [1.165, 1.54) is 6.20 Å². The molecule has 0 aliphatic rings. The van der Waals surface area contributed by atoms with E-state index in [9.17, 15) is 4.79 Å². The number of aryl methyl sites for hydroxylation is 1. The number of nitrogens with one attached hydrogen (secondary N) is 1. The second kappa shape index (κ2) is 7.49. The number of benzene rings is 2. The Bertz CT molecular complexity index is 952. The van der Waals surface area contributed by atoms with Gasteiger partial charge >= 0.3 is 0 Å². The van der Waals surface area contributed by atoms with Crippen molar-refractivity contribution in [2.45, 2.75) is 13.8 Å². The summed E-state index contributed by atoms with van der Waals surface area (Å²) in [5, 5.41) is 7.59. The highest BCUT2D eigenvalue weighted by molar-refractivity contribution is 6.30. The first kappa shape index (κ1) is 17.8. The molecule has 0 spiro atoms. The largest absolute Gasteiger partial charge is 0.492 e. The van der Waals surface area contributed by atoms with Gasteiger partial charge in [-0.25, -0.2) is 4.68 Å². The molecule has 1 aromatic heterocycles. The molecule has 3 N–H and O–H groups in total. The summed E-state index contributed by atoms with van der Waals surface area (Å²) in [5.74, 6) is 0.396. The van der Waals surface area contributed by atoms with Crippen molar-refractivity contribution in [1.82, 2.24) is 9.78 Å². The smallest absolute Gasteiger partial charge is 0.261 e. The maximum atomic E-state index is 12.7. The number of nitrogens with two attached hydrogens (primary N) is 1. The van der Waals surface area contributed by atoms with E-state index in [2.05, 4.69) is 10.4 Å². The Balaban J connectivity index is 1.90. The molecule has 2 aromatic carbocycles. The van der Waals surface area contributed by atoms with Gasteiger partial charge in [-0.05, 0) is 37.6 Å².